The molecule has 0 bridgehead atoms. The minimum absolute atomic E-state index is 0.864. The van der Waals surface area contributed by atoms with E-state index < -0.39 is 15.6 Å². The van der Waals surface area contributed by atoms with Gasteiger partial charge in [-0.15, -0.1) is 0 Å². The summed E-state index contributed by atoms with van der Waals surface area (Å²) in [5.74, 6) is 0.864. The van der Waals surface area contributed by atoms with Gasteiger partial charge in [0.25, 0.3) is 0 Å². The molecule has 37 heavy (non-hydrogen) atoms. The van der Waals surface area contributed by atoms with Crippen molar-refractivity contribution in [3.8, 4) is 28.3 Å². The van der Waals surface area contributed by atoms with Gasteiger partial charge in [0.15, 0.2) is 10.1 Å². The van der Waals surface area contributed by atoms with Gasteiger partial charge in [0.1, 0.15) is 5.75 Å². The van der Waals surface area contributed by atoms with Crippen molar-refractivity contribution in [2.24, 2.45) is 0 Å². The molecule has 9 heteroatoms. The van der Waals surface area contributed by atoms with E-state index in [1.165, 1.54) is 33.1 Å². The van der Waals surface area contributed by atoms with Crippen LogP contribution < -0.4 is 9.14 Å². The number of halogens is 3. The number of hydrogen-bond donors (Lipinski definition) is 0. The van der Waals surface area contributed by atoms with Crippen LogP contribution in [0.1, 0.15) is 5.56 Å². The molecule has 0 spiro atoms. The predicted molar refractivity (Wildman–Crippen MR) is 135 cm³/mol. The second-order valence-electron chi connectivity index (χ2n) is 8.25. The maximum absolute atomic E-state index is 10.7. The lowest BCUT2D eigenvalue weighted by molar-refractivity contribution is -0.485. The first kappa shape index (κ1) is 26.1. The second-order valence-corrected chi connectivity index (χ2v) is 9.62. The first-order valence-corrected chi connectivity index (χ1v) is 12.5. The van der Waals surface area contributed by atoms with Gasteiger partial charge < -0.3 is 9.29 Å². The Labute approximate surface area is 212 Å². The van der Waals surface area contributed by atoms with Crippen LogP contribution in [0, 0.1) is 6.92 Å². The fourth-order valence-corrected chi connectivity index (χ4v) is 4.02. The summed E-state index contributed by atoms with van der Waals surface area (Å²) in [6, 6.07) is 34.4. The molecule has 5 rings (SSSR count). The van der Waals surface area contributed by atoms with E-state index in [0.717, 1.165) is 17.0 Å². The van der Waals surface area contributed by atoms with Crippen LogP contribution in [0.25, 0.3) is 38.8 Å². The number of pyridine rings is 2. The summed E-state index contributed by atoms with van der Waals surface area (Å²) in [6.07, 6.45) is 0. The van der Waals surface area contributed by atoms with Crippen molar-refractivity contribution in [2.75, 3.05) is 7.11 Å². The summed E-state index contributed by atoms with van der Waals surface area (Å²) in [7, 11) is -4.39. The number of fused-ring (bicyclic) bond motifs is 3. The summed E-state index contributed by atoms with van der Waals surface area (Å²) in [6.45, 7) is 2.15. The largest absolute Gasteiger partial charge is 0.741 e. The van der Waals surface area contributed by atoms with Gasteiger partial charge in [-0.3, -0.25) is 0 Å². The fraction of sp³-hybridized carbons (Fsp3) is 0.107. The first-order valence-electron chi connectivity index (χ1n) is 11.1. The Morgan fingerprint density at radius 3 is 2.00 bits per heavy atom. The molecule has 2 aromatic heterocycles. The Kier molecular flexibility index (Phi) is 7.20. The standard InChI is InChI=1S/C27H22NO.CHF3O3S/c1-19-11-12-22-18-27(20-7-4-3-5-8-20)28-25(9-6-10-26(28)24(22)17-19)21-13-15-23(29-2)16-14-21;2-1(3,4)8(5,6)7/h3-18H,1-2H3;(H,5,6,7)/q+1;/p-1. The Bertz CT molecular complexity index is 1670. The minimum Gasteiger partial charge on any atom is -0.741 e. The van der Waals surface area contributed by atoms with Crippen molar-refractivity contribution >= 4 is 26.4 Å². The minimum atomic E-state index is -6.09. The van der Waals surface area contributed by atoms with E-state index >= 15 is 0 Å². The molecule has 5 aromatic rings. The number of alkyl halides is 3. The van der Waals surface area contributed by atoms with Gasteiger partial charge in [-0.25, -0.2) is 8.42 Å². The van der Waals surface area contributed by atoms with E-state index in [9.17, 15) is 13.2 Å². The Balaban J connectivity index is 0.000000349. The van der Waals surface area contributed by atoms with Crippen molar-refractivity contribution in [3.05, 3.63) is 103 Å². The zero-order chi connectivity index (χ0) is 26.8. The fourth-order valence-electron chi connectivity index (χ4n) is 4.02. The molecule has 2 heterocycles. The highest BCUT2D eigenvalue weighted by Gasteiger charge is 2.36. The number of aromatic nitrogens is 1. The lowest BCUT2D eigenvalue weighted by atomic mass is 10.0. The molecular formula is C28H22F3NO4S. The van der Waals surface area contributed by atoms with Gasteiger partial charge in [-0.05, 0) is 60.8 Å². The zero-order valence-corrected chi connectivity index (χ0v) is 20.7. The average Bonchev–Trinajstić information content (AvgIpc) is 2.88. The third kappa shape index (κ3) is 5.58. The van der Waals surface area contributed by atoms with Gasteiger partial charge >= 0.3 is 5.51 Å². The molecule has 0 fully saturated rings. The molecule has 0 N–H and O–H groups in total. The van der Waals surface area contributed by atoms with Crippen molar-refractivity contribution in [3.63, 3.8) is 0 Å². The zero-order valence-electron chi connectivity index (χ0n) is 19.9. The van der Waals surface area contributed by atoms with Crippen LogP contribution in [0.5, 0.6) is 5.75 Å². The van der Waals surface area contributed by atoms with Gasteiger partial charge in [-0.2, -0.15) is 17.6 Å². The molecule has 5 nitrogen and oxygen atoms in total. The van der Waals surface area contributed by atoms with E-state index in [1.807, 2.05) is 12.1 Å². The molecule has 0 radical (unpaired) electrons. The van der Waals surface area contributed by atoms with Crippen LogP contribution in [-0.2, 0) is 10.1 Å². The molecule has 0 aliphatic carbocycles. The maximum atomic E-state index is 10.7. The topological polar surface area (TPSA) is 70.5 Å². The van der Waals surface area contributed by atoms with Gasteiger partial charge in [0, 0.05) is 29.3 Å². The summed E-state index contributed by atoms with van der Waals surface area (Å²) in [5, 5.41) is 2.52. The van der Waals surface area contributed by atoms with E-state index in [-0.39, 0.29) is 0 Å². The lowest BCUT2D eigenvalue weighted by Gasteiger charge is -2.09. The molecule has 0 saturated heterocycles. The van der Waals surface area contributed by atoms with Crippen LogP contribution in [0.15, 0.2) is 97.1 Å². The van der Waals surface area contributed by atoms with Crippen LogP contribution in [0.4, 0.5) is 13.2 Å². The highest BCUT2D eigenvalue weighted by molar-refractivity contribution is 7.86. The summed E-state index contributed by atoms with van der Waals surface area (Å²) in [4.78, 5) is 0. The second kappa shape index (κ2) is 10.2. The number of nitrogens with zero attached hydrogens (tertiary/aromatic N) is 1. The van der Waals surface area contributed by atoms with Crippen LogP contribution in [-0.4, -0.2) is 25.6 Å². The molecule has 0 aliphatic heterocycles. The number of methoxy groups -OCH3 is 1. The van der Waals surface area contributed by atoms with E-state index in [0.29, 0.717) is 0 Å². The molecule has 0 saturated carbocycles. The smallest absolute Gasteiger partial charge is 0.485 e. The van der Waals surface area contributed by atoms with E-state index in [4.69, 9.17) is 17.7 Å². The Morgan fingerprint density at radius 2 is 1.41 bits per heavy atom. The first-order chi connectivity index (χ1) is 17.5. The molecule has 0 amide bonds. The van der Waals surface area contributed by atoms with Gasteiger partial charge in [0.05, 0.1) is 12.5 Å². The van der Waals surface area contributed by atoms with Crippen LogP contribution in [0.2, 0.25) is 0 Å². The third-order valence-corrected chi connectivity index (χ3v) is 6.31. The highest BCUT2D eigenvalue weighted by Crippen LogP contribution is 2.29. The monoisotopic (exact) mass is 525 g/mol. The quantitative estimate of drug-likeness (QED) is 0.120. The molecule has 3 aromatic carbocycles. The number of benzene rings is 3. The van der Waals surface area contributed by atoms with E-state index in [1.54, 1.807) is 7.11 Å². The third-order valence-electron chi connectivity index (χ3n) is 5.75. The average molecular weight is 526 g/mol. The van der Waals surface area contributed by atoms with Gasteiger partial charge in [0.2, 0.25) is 16.9 Å². The van der Waals surface area contributed by atoms with Crippen LogP contribution >= 0.6 is 0 Å². The van der Waals surface area contributed by atoms with Crippen molar-refractivity contribution in [2.45, 2.75) is 12.4 Å². The number of ether oxygens (including phenoxy) is 1. The Hall–Kier alpha value is -3.95. The molecule has 190 valence electrons. The van der Waals surface area contributed by atoms with Crippen molar-refractivity contribution < 1.29 is 35.3 Å². The van der Waals surface area contributed by atoms with Crippen molar-refractivity contribution in [1.82, 2.24) is 0 Å². The summed E-state index contributed by atoms with van der Waals surface area (Å²) in [5.41, 5.74) is 1.53. The van der Waals surface area contributed by atoms with Crippen LogP contribution in [0.3, 0.4) is 0 Å². The number of aryl methyl sites for hydroxylation is 1. The summed E-state index contributed by atoms with van der Waals surface area (Å²) >= 11 is 0. The summed E-state index contributed by atoms with van der Waals surface area (Å²) < 4.78 is 66.6. The predicted octanol–water partition coefficient (Wildman–Crippen LogP) is 6.28. The lowest BCUT2D eigenvalue weighted by Crippen LogP contribution is -2.28. The molecule has 0 aliphatic rings. The molecule has 0 unspecified atom stereocenters. The van der Waals surface area contributed by atoms with E-state index in [2.05, 4.69) is 96.3 Å². The number of hydrogen-bond acceptors (Lipinski definition) is 4. The van der Waals surface area contributed by atoms with Crippen molar-refractivity contribution in [1.29, 1.82) is 0 Å². The normalized spacial score (nSPS) is 11.7. The Morgan fingerprint density at radius 1 is 0.784 bits per heavy atom. The maximum Gasteiger partial charge on any atom is 0.485 e. The molecular weight excluding hydrogens is 503 g/mol. The highest BCUT2D eigenvalue weighted by atomic mass is 32.2. The SMILES string of the molecule is COc1ccc(-c2cccc3c4cc(C)ccc4cc(-c4ccccc4)[n+]23)cc1.O=S(=O)([O-])C(F)(F)F. The molecule has 0 atom stereocenters. The number of rotatable bonds is 3. The van der Waals surface area contributed by atoms with Gasteiger partial charge in [-0.1, -0.05) is 35.9 Å².